The van der Waals surface area contributed by atoms with Crippen LogP contribution in [0.25, 0.3) is 11.1 Å². The van der Waals surface area contributed by atoms with Gasteiger partial charge in [0.05, 0.1) is 12.3 Å². The van der Waals surface area contributed by atoms with Crippen molar-refractivity contribution in [3.63, 3.8) is 0 Å². The standard InChI is InChI=1S/C24H30N2O3/c1-15-10-19(14-28-15)17-4-5-20-18(11-17)12-24(2,3)22(20)25-23(27)29-21-13-26-8-6-16(21)7-9-26/h4-5,10-11,14,16,21-22H,6-9,12-13H2,1-3H3,(H,25,27)/t21-,22?/m0/s1. The number of carbonyl (C=O) groups is 1. The van der Waals surface area contributed by atoms with E-state index in [9.17, 15) is 4.79 Å². The Morgan fingerprint density at radius 3 is 2.66 bits per heavy atom. The van der Waals surface area contributed by atoms with Gasteiger partial charge in [-0.05, 0) is 73.4 Å². The minimum absolute atomic E-state index is 0.0354. The van der Waals surface area contributed by atoms with Gasteiger partial charge < -0.3 is 14.5 Å². The first kappa shape index (κ1) is 18.7. The van der Waals surface area contributed by atoms with Crippen LogP contribution in [0, 0.1) is 18.3 Å². The minimum Gasteiger partial charge on any atom is -0.469 e. The average molecular weight is 395 g/mol. The van der Waals surface area contributed by atoms with E-state index < -0.39 is 0 Å². The Hall–Kier alpha value is -2.27. The molecule has 1 N–H and O–H groups in total. The number of piperidine rings is 3. The largest absolute Gasteiger partial charge is 0.469 e. The van der Waals surface area contributed by atoms with Gasteiger partial charge in [-0.1, -0.05) is 32.0 Å². The minimum atomic E-state index is -0.274. The van der Waals surface area contributed by atoms with E-state index in [1.807, 2.05) is 6.92 Å². The van der Waals surface area contributed by atoms with Crippen LogP contribution in [0.5, 0.6) is 0 Å². The van der Waals surface area contributed by atoms with Crippen LogP contribution in [-0.4, -0.2) is 36.7 Å². The van der Waals surface area contributed by atoms with Gasteiger partial charge in [0.1, 0.15) is 11.9 Å². The summed E-state index contributed by atoms with van der Waals surface area (Å²) < 4.78 is 11.4. The highest BCUT2D eigenvalue weighted by atomic mass is 16.6. The Kier molecular flexibility index (Phi) is 4.46. The van der Waals surface area contributed by atoms with Gasteiger partial charge in [-0.25, -0.2) is 4.79 Å². The van der Waals surface area contributed by atoms with Crippen molar-refractivity contribution in [2.24, 2.45) is 11.3 Å². The number of aryl methyl sites for hydroxylation is 1. The zero-order chi connectivity index (χ0) is 20.2. The Morgan fingerprint density at radius 1 is 1.21 bits per heavy atom. The van der Waals surface area contributed by atoms with Gasteiger partial charge in [0.25, 0.3) is 0 Å². The van der Waals surface area contributed by atoms with Crippen molar-refractivity contribution < 1.29 is 13.9 Å². The van der Waals surface area contributed by atoms with Gasteiger partial charge in [-0.15, -0.1) is 0 Å². The van der Waals surface area contributed by atoms with Crippen LogP contribution in [0.4, 0.5) is 4.79 Å². The molecule has 5 heteroatoms. The Balaban J connectivity index is 1.32. The lowest BCUT2D eigenvalue weighted by atomic mass is 9.85. The number of carbonyl (C=O) groups excluding carboxylic acids is 1. The first-order valence-electron chi connectivity index (χ1n) is 10.8. The number of benzene rings is 1. The van der Waals surface area contributed by atoms with Crippen molar-refractivity contribution in [1.82, 2.24) is 10.2 Å². The third-order valence-electron chi connectivity index (χ3n) is 7.06. The lowest BCUT2D eigenvalue weighted by Crippen LogP contribution is -2.53. The van der Waals surface area contributed by atoms with Crippen LogP contribution in [-0.2, 0) is 11.2 Å². The van der Waals surface area contributed by atoms with Crippen LogP contribution in [0.1, 0.15) is 49.6 Å². The van der Waals surface area contributed by atoms with Crippen LogP contribution in [0.15, 0.2) is 34.9 Å². The highest BCUT2D eigenvalue weighted by Crippen LogP contribution is 2.46. The number of nitrogens with one attached hydrogen (secondary N) is 1. The molecule has 6 rings (SSSR count). The molecule has 4 heterocycles. The van der Waals surface area contributed by atoms with Gasteiger partial charge in [-0.3, -0.25) is 4.90 Å². The quantitative estimate of drug-likeness (QED) is 0.820. The predicted molar refractivity (Wildman–Crippen MR) is 112 cm³/mol. The van der Waals surface area contributed by atoms with Crippen molar-refractivity contribution in [2.75, 3.05) is 19.6 Å². The summed E-state index contributed by atoms with van der Waals surface area (Å²) in [5.74, 6) is 1.44. The molecule has 1 aliphatic carbocycles. The fourth-order valence-corrected chi connectivity index (χ4v) is 5.44. The summed E-state index contributed by atoms with van der Waals surface area (Å²) >= 11 is 0. The molecule has 3 fully saturated rings. The molecule has 0 spiro atoms. The lowest BCUT2D eigenvalue weighted by molar-refractivity contribution is -0.0348. The maximum absolute atomic E-state index is 12.8. The molecule has 0 radical (unpaired) electrons. The number of furan rings is 1. The number of fused-ring (bicyclic) bond motifs is 4. The fourth-order valence-electron chi connectivity index (χ4n) is 5.44. The second kappa shape index (κ2) is 6.91. The predicted octanol–water partition coefficient (Wildman–Crippen LogP) is 4.70. The van der Waals surface area contributed by atoms with E-state index in [1.165, 1.54) is 11.1 Å². The topological polar surface area (TPSA) is 54.7 Å². The van der Waals surface area contributed by atoms with Crippen LogP contribution < -0.4 is 5.32 Å². The van der Waals surface area contributed by atoms with E-state index in [0.717, 1.165) is 55.8 Å². The molecule has 1 amide bonds. The van der Waals surface area contributed by atoms with Crippen LogP contribution in [0.2, 0.25) is 0 Å². The number of hydrogen-bond donors (Lipinski definition) is 1. The van der Waals surface area contributed by atoms with Crippen LogP contribution >= 0.6 is 0 Å². The van der Waals surface area contributed by atoms with Crippen molar-refractivity contribution in [3.8, 4) is 11.1 Å². The summed E-state index contributed by atoms with van der Waals surface area (Å²) in [6.45, 7) is 9.57. The van der Waals surface area contributed by atoms with Crippen molar-refractivity contribution >= 4 is 6.09 Å². The number of hydrogen-bond acceptors (Lipinski definition) is 4. The second-order valence-electron chi connectivity index (χ2n) is 9.68. The number of rotatable bonds is 3. The number of amides is 1. The third kappa shape index (κ3) is 3.46. The summed E-state index contributed by atoms with van der Waals surface area (Å²) in [4.78, 5) is 15.2. The lowest BCUT2D eigenvalue weighted by Gasteiger charge is -2.44. The SMILES string of the molecule is Cc1cc(-c2ccc3c(c2)CC(C)(C)C3NC(=O)O[C@H]2CN3CCC2CC3)co1. The summed E-state index contributed by atoms with van der Waals surface area (Å²) in [5, 5.41) is 3.20. The number of alkyl carbamates (subject to hydrolysis) is 1. The molecule has 4 aliphatic rings. The van der Waals surface area contributed by atoms with Gasteiger partial charge in [0.2, 0.25) is 0 Å². The summed E-state index contributed by atoms with van der Waals surface area (Å²) in [7, 11) is 0. The van der Waals surface area contributed by atoms with Crippen LogP contribution in [0.3, 0.4) is 0 Å². The van der Waals surface area contributed by atoms with Crippen molar-refractivity contribution in [3.05, 3.63) is 47.4 Å². The van der Waals surface area contributed by atoms with Gasteiger partial charge in [0, 0.05) is 12.1 Å². The second-order valence-corrected chi connectivity index (χ2v) is 9.68. The molecule has 2 bridgehead atoms. The van der Waals surface area contributed by atoms with Crippen molar-refractivity contribution in [1.29, 1.82) is 0 Å². The van der Waals surface area contributed by atoms with E-state index in [2.05, 4.69) is 48.3 Å². The monoisotopic (exact) mass is 394 g/mol. The molecule has 29 heavy (non-hydrogen) atoms. The molecule has 3 saturated heterocycles. The zero-order valence-corrected chi connectivity index (χ0v) is 17.5. The van der Waals surface area contributed by atoms with Crippen molar-refractivity contribution in [2.45, 2.75) is 52.2 Å². The Bertz CT molecular complexity index is 924. The molecule has 1 aromatic heterocycles. The zero-order valence-electron chi connectivity index (χ0n) is 17.5. The highest BCUT2D eigenvalue weighted by Gasteiger charge is 2.42. The molecule has 2 aromatic rings. The number of ether oxygens (including phenoxy) is 1. The van der Waals surface area contributed by atoms with E-state index in [0.29, 0.717) is 5.92 Å². The maximum Gasteiger partial charge on any atom is 0.407 e. The summed E-state index contributed by atoms with van der Waals surface area (Å²) in [6, 6.07) is 8.54. The molecular weight excluding hydrogens is 364 g/mol. The fraction of sp³-hybridized carbons (Fsp3) is 0.542. The molecular formula is C24H30N2O3. The molecule has 0 saturated carbocycles. The average Bonchev–Trinajstić information content (AvgIpc) is 3.23. The van der Waals surface area contributed by atoms with E-state index in [-0.39, 0.29) is 23.7 Å². The number of nitrogens with zero attached hydrogens (tertiary/aromatic N) is 1. The molecule has 1 unspecified atom stereocenters. The third-order valence-corrected chi connectivity index (χ3v) is 7.06. The van der Waals surface area contributed by atoms with E-state index in [1.54, 1.807) is 6.26 Å². The molecule has 3 aliphatic heterocycles. The molecule has 154 valence electrons. The van der Waals surface area contributed by atoms with Gasteiger partial charge in [-0.2, -0.15) is 0 Å². The molecule has 2 atom stereocenters. The first-order valence-corrected chi connectivity index (χ1v) is 10.8. The summed E-state index contributed by atoms with van der Waals surface area (Å²) in [6.07, 6.45) is 4.78. The highest BCUT2D eigenvalue weighted by molar-refractivity contribution is 5.70. The van der Waals surface area contributed by atoms with Gasteiger partial charge >= 0.3 is 6.09 Å². The maximum atomic E-state index is 12.8. The Labute approximate surface area is 172 Å². The summed E-state index contributed by atoms with van der Waals surface area (Å²) in [5.41, 5.74) is 4.69. The van der Waals surface area contributed by atoms with E-state index in [4.69, 9.17) is 9.15 Å². The smallest absolute Gasteiger partial charge is 0.407 e. The molecule has 5 nitrogen and oxygen atoms in total. The Morgan fingerprint density at radius 2 is 2.00 bits per heavy atom. The first-order chi connectivity index (χ1) is 13.9. The van der Waals surface area contributed by atoms with E-state index >= 15 is 0 Å². The molecule has 1 aromatic carbocycles. The normalized spacial score (nSPS) is 29.5. The van der Waals surface area contributed by atoms with Gasteiger partial charge in [0.15, 0.2) is 0 Å².